The number of piperidine rings is 1. The van der Waals surface area contributed by atoms with Crippen molar-refractivity contribution in [1.82, 2.24) is 9.88 Å². The van der Waals surface area contributed by atoms with Gasteiger partial charge in [-0.1, -0.05) is 6.42 Å². The minimum absolute atomic E-state index is 0.421. The average molecular weight is 225 g/mol. The number of nitrogens with two attached hydrogens (primary N) is 1. The lowest BCUT2D eigenvalue weighted by molar-refractivity contribution is 0.106. The number of rotatable bonds is 3. The minimum atomic E-state index is 0.421. The molecule has 2 heterocycles. The molecule has 3 nitrogen and oxygen atoms in total. The molecule has 2 N–H and O–H groups in total. The Labute approximate surface area is 95.3 Å². The van der Waals surface area contributed by atoms with Gasteiger partial charge in [-0.3, -0.25) is 4.90 Å². The van der Waals surface area contributed by atoms with Crippen molar-refractivity contribution < 1.29 is 0 Å². The molecule has 2 atom stereocenters. The van der Waals surface area contributed by atoms with Gasteiger partial charge in [-0.25, -0.2) is 4.98 Å². The maximum absolute atomic E-state index is 5.83. The molecule has 1 aromatic heterocycles. The van der Waals surface area contributed by atoms with Gasteiger partial charge in [0.15, 0.2) is 0 Å². The molecule has 0 saturated carbocycles. The molecule has 0 bridgehead atoms. The van der Waals surface area contributed by atoms with Crippen LogP contribution in [0.1, 0.15) is 37.9 Å². The van der Waals surface area contributed by atoms with Gasteiger partial charge in [0.05, 0.1) is 17.2 Å². The zero-order chi connectivity index (χ0) is 10.7. The van der Waals surface area contributed by atoms with Gasteiger partial charge < -0.3 is 5.73 Å². The van der Waals surface area contributed by atoms with Gasteiger partial charge in [-0.2, -0.15) is 0 Å². The second kappa shape index (κ2) is 5.05. The number of thiazole rings is 1. The zero-order valence-corrected chi connectivity index (χ0v) is 10.0. The van der Waals surface area contributed by atoms with Crippen LogP contribution in [0, 0.1) is 0 Å². The van der Waals surface area contributed by atoms with E-state index in [9.17, 15) is 0 Å². The molecule has 0 amide bonds. The summed E-state index contributed by atoms with van der Waals surface area (Å²) in [7, 11) is 0. The van der Waals surface area contributed by atoms with Gasteiger partial charge >= 0.3 is 0 Å². The van der Waals surface area contributed by atoms with Crippen molar-refractivity contribution in [3.8, 4) is 0 Å². The molecule has 0 spiro atoms. The van der Waals surface area contributed by atoms with Gasteiger partial charge in [-0.15, -0.1) is 11.3 Å². The predicted octanol–water partition coefficient (Wildman–Crippen LogP) is 2.02. The normalized spacial score (nSPS) is 25.3. The van der Waals surface area contributed by atoms with Crippen LogP contribution in [0.25, 0.3) is 0 Å². The van der Waals surface area contributed by atoms with E-state index in [1.165, 1.54) is 31.5 Å². The third kappa shape index (κ3) is 2.38. The van der Waals surface area contributed by atoms with E-state index in [1.807, 2.05) is 5.51 Å². The maximum Gasteiger partial charge on any atom is 0.0795 e. The molecule has 2 rings (SSSR count). The van der Waals surface area contributed by atoms with Crippen molar-refractivity contribution in [2.24, 2.45) is 5.73 Å². The van der Waals surface area contributed by atoms with E-state index in [-0.39, 0.29) is 0 Å². The molecule has 1 aromatic rings. The van der Waals surface area contributed by atoms with Crippen LogP contribution >= 0.6 is 11.3 Å². The Morgan fingerprint density at radius 1 is 1.67 bits per heavy atom. The largest absolute Gasteiger partial charge is 0.329 e. The molecule has 1 aliphatic heterocycles. The SMILES string of the molecule is CC(c1cscn1)N1CCCCC1CN. The highest BCUT2D eigenvalue weighted by molar-refractivity contribution is 7.07. The van der Waals surface area contributed by atoms with E-state index < -0.39 is 0 Å². The highest BCUT2D eigenvalue weighted by Gasteiger charge is 2.26. The Hall–Kier alpha value is -0.450. The van der Waals surface area contributed by atoms with Crippen LogP contribution in [0.4, 0.5) is 0 Å². The third-order valence-electron chi connectivity index (χ3n) is 3.32. The molecule has 4 heteroatoms. The van der Waals surface area contributed by atoms with Crippen molar-refractivity contribution >= 4 is 11.3 Å². The summed E-state index contributed by atoms with van der Waals surface area (Å²) in [5.41, 5.74) is 8.93. The summed E-state index contributed by atoms with van der Waals surface area (Å²) in [5, 5.41) is 2.15. The van der Waals surface area contributed by atoms with Crippen molar-refractivity contribution in [3.05, 3.63) is 16.6 Å². The minimum Gasteiger partial charge on any atom is -0.329 e. The number of hydrogen-bond donors (Lipinski definition) is 1. The fourth-order valence-corrected chi connectivity index (χ4v) is 3.02. The molecule has 1 aliphatic rings. The third-order valence-corrected chi connectivity index (χ3v) is 3.93. The standard InChI is InChI=1S/C11H19N3S/c1-9(11-7-15-8-13-11)14-5-3-2-4-10(14)6-12/h7-10H,2-6,12H2,1H3. The molecule has 0 aromatic carbocycles. The first-order chi connectivity index (χ1) is 7.33. The second-order valence-electron chi connectivity index (χ2n) is 4.21. The zero-order valence-electron chi connectivity index (χ0n) is 9.22. The lowest BCUT2D eigenvalue weighted by atomic mass is 9.99. The monoisotopic (exact) mass is 225 g/mol. The molecule has 15 heavy (non-hydrogen) atoms. The molecule has 1 fully saturated rings. The fourth-order valence-electron chi connectivity index (χ4n) is 2.38. The van der Waals surface area contributed by atoms with Crippen molar-refractivity contribution in [2.45, 2.75) is 38.3 Å². The first kappa shape index (κ1) is 11.0. The van der Waals surface area contributed by atoms with E-state index in [4.69, 9.17) is 5.73 Å². The van der Waals surface area contributed by atoms with E-state index in [2.05, 4.69) is 22.2 Å². The van der Waals surface area contributed by atoms with Crippen molar-refractivity contribution in [1.29, 1.82) is 0 Å². The molecule has 1 saturated heterocycles. The Kier molecular flexibility index (Phi) is 3.72. The molecular formula is C11H19N3S. The maximum atomic E-state index is 5.83. The summed E-state index contributed by atoms with van der Waals surface area (Å²) >= 11 is 1.67. The lowest BCUT2D eigenvalue weighted by Gasteiger charge is -2.38. The lowest BCUT2D eigenvalue weighted by Crippen LogP contribution is -2.45. The highest BCUT2D eigenvalue weighted by atomic mass is 32.1. The van der Waals surface area contributed by atoms with E-state index in [0.29, 0.717) is 12.1 Å². The van der Waals surface area contributed by atoms with E-state index in [0.717, 1.165) is 6.54 Å². The molecular weight excluding hydrogens is 206 g/mol. The summed E-state index contributed by atoms with van der Waals surface area (Å²) in [5.74, 6) is 0. The highest BCUT2D eigenvalue weighted by Crippen LogP contribution is 2.27. The van der Waals surface area contributed by atoms with Crippen LogP contribution < -0.4 is 5.73 Å². The molecule has 0 radical (unpaired) electrons. The van der Waals surface area contributed by atoms with Crippen molar-refractivity contribution in [3.63, 3.8) is 0 Å². The van der Waals surface area contributed by atoms with Crippen LogP contribution in [-0.4, -0.2) is 29.0 Å². The first-order valence-electron chi connectivity index (χ1n) is 5.67. The molecule has 84 valence electrons. The van der Waals surface area contributed by atoms with Crippen LogP contribution in [0.15, 0.2) is 10.9 Å². The van der Waals surface area contributed by atoms with Gasteiger partial charge in [0, 0.05) is 18.0 Å². The van der Waals surface area contributed by atoms with Gasteiger partial charge in [0.25, 0.3) is 0 Å². The number of nitrogens with zero attached hydrogens (tertiary/aromatic N) is 2. The van der Waals surface area contributed by atoms with Gasteiger partial charge in [-0.05, 0) is 26.3 Å². The summed E-state index contributed by atoms with van der Waals surface area (Å²) in [6.45, 7) is 4.18. The number of likely N-dealkylation sites (tertiary alicyclic amines) is 1. The van der Waals surface area contributed by atoms with Crippen LogP contribution in [0.3, 0.4) is 0 Å². The fraction of sp³-hybridized carbons (Fsp3) is 0.727. The summed E-state index contributed by atoms with van der Waals surface area (Å²) in [4.78, 5) is 6.91. The van der Waals surface area contributed by atoms with Crippen molar-refractivity contribution in [2.75, 3.05) is 13.1 Å². The smallest absolute Gasteiger partial charge is 0.0795 e. The Morgan fingerprint density at radius 3 is 3.20 bits per heavy atom. The van der Waals surface area contributed by atoms with Gasteiger partial charge in [0.1, 0.15) is 0 Å². The first-order valence-corrected chi connectivity index (χ1v) is 6.61. The topological polar surface area (TPSA) is 42.2 Å². The van der Waals surface area contributed by atoms with Gasteiger partial charge in [0.2, 0.25) is 0 Å². The molecule has 2 unspecified atom stereocenters. The van der Waals surface area contributed by atoms with E-state index >= 15 is 0 Å². The average Bonchev–Trinajstić information content (AvgIpc) is 2.81. The Morgan fingerprint density at radius 2 is 2.53 bits per heavy atom. The summed E-state index contributed by atoms with van der Waals surface area (Å²) in [6, 6.07) is 0.973. The number of aromatic nitrogens is 1. The van der Waals surface area contributed by atoms with Crippen LogP contribution in [0.2, 0.25) is 0 Å². The number of hydrogen-bond acceptors (Lipinski definition) is 4. The van der Waals surface area contributed by atoms with E-state index in [1.54, 1.807) is 11.3 Å². The predicted molar refractivity (Wildman–Crippen MR) is 63.9 cm³/mol. The second-order valence-corrected chi connectivity index (χ2v) is 4.93. The quantitative estimate of drug-likeness (QED) is 0.855. The summed E-state index contributed by atoms with van der Waals surface area (Å²) < 4.78 is 0. The Balaban J connectivity index is 2.07. The van der Waals surface area contributed by atoms with Crippen LogP contribution in [0.5, 0.6) is 0 Å². The Bertz CT molecular complexity index is 286. The summed E-state index contributed by atoms with van der Waals surface area (Å²) in [6.07, 6.45) is 3.86. The van der Waals surface area contributed by atoms with Crippen LogP contribution in [-0.2, 0) is 0 Å². The molecule has 0 aliphatic carbocycles.